The van der Waals surface area contributed by atoms with Crippen molar-refractivity contribution >= 4 is 39.3 Å². The van der Waals surface area contributed by atoms with Gasteiger partial charge >= 0.3 is 0 Å². The summed E-state index contributed by atoms with van der Waals surface area (Å²) < 4.78 is 15.8. The Bertz CT molecular complexity index is 990. The fraction of sp³-hybridized carbons (Fsp3) is 0.263. The Morgan fingerprint density at radius 1 is 1.25 bits per heavy atom. The number of carbonyl (C=O) groups is 2. The van der Waals surface area contributed by atoms with E-state index in [1.807, 2.05) is 6.07 Å². The van der Waals surface area contributed by atoms with E-state index in [0.717, 1.165) is 4.47 Å². The first kappa shape index (κ1) is 18.5. The second-order valence-electron chi connectivity index (χ2n) is 6.69. The molecule has 1 saturated carbocycles. The van der Waals surface area contributed by atoms with Crippen LogP contribution in [0.1, 0.15) is 16.8 Å². The Labute approximate surface area is 168 Å². The van der Waals surface area contributed by atoms with E-state index in [1.165, 1.54) is 9.42 Å². The highest BCUT2D eigenvalue weighted by atomic mass is 79.9. The average molecular weight is 446 g/mol. The Morgan fingerprint density at radius 3 is 2.68 bits per heavy atom. The van der Waals surface area contributed by atoms with Crippen molar-refractivity contribution in [2.24, 2.45) is 5.92 Å². The minimum atomic E-state index is -0.914. The summed E-state index contributed by atoms with van der Waals surface area (Å²) in [7, 11) is 0. The molecule has 0 spiro atoms. The number of hydrogen-bond acceptors (Lipinski definition) is 4. The molecule has 2 heterocycles. The van der Waals surface area contributed by atoms with Gasteiger partial charge in [-0.15, -0.1) is 5.10 Å². The topological polar surface area (TPSA) is 79.6 Å². The number of nitrogens with zero attached hydrogens (tertiary/aromatic N) is 4. The number of hydrogen-bond donors (Lipinski definition) is 1. The summed E-state index contributed by atoms with van der Waals surface area (Å²) in [6.07, 6.45) is 1.22. The fourth-order valence-electron chi connectivity index (χ4n) is 2.90. The lowest BCUT2D eigenvalue weighted by molar-refractivity contribution is -0.117. The molecule has 1 fully saturated rings. The lowest BCUT2D eigenvalue weighted by Crippen LogP contribution is -2.39. The monoisotopic (exact) mass is 445 g/mol. The van der Waals surface area contributed by atoms with Gasteiger partial charge in [0.05, 0.1) is 0 Å². The van der Waals surface area contributed by atoms with Crippen molar-refractivity contribution in [3.8, 4) is 0 Å². The minimum Gasteiger partial charge on any atom is -0.329 e. The van der Waals surface area contributed by atoms with Gasteiger partial charge in [-0.25, -0.2) is 8.91 Å². The van der Waals surface area contributed by atoms with Crippen LogP contribution in [-0.2, 0) is 4.79 Å². The number of alkyl halides is 1. The predicted octanol–water partition coefficient (Wildman–Crippen LogP) is 2.93. The number of carbonyl (C=O) groups excluding carboxylic acids is 2. The number of benzene rings is 1. The molecule has 1 unspecified atom stereocenters. The van der Waals surface area contributed by atoms with Gasteiger partial charge in [0.25, 0.3) is 5.91 Å². The molecule has 4 rings (SSSR count). The standard InChI is InChI=1S/C19H17BrFN5O2/c20-14-6-4-12(5-7-14)18(28)25(10-13-9-15(13)21)11-17(27)23-19-22-16-3-1-2-8-26(16)24-19/h1-8,13,15H,9-11H2,(H,23,24,27)/t13?,15-/m1/s1. The van der Waals surface area contributed by atoms with Crippen molar-refractivity contribution in [3.05, 3.63) is 58.7 Å². The van der Waals surface area contributed by atoms with E-state index < -0.39 is 12.1 Å². The van der Waals surface area contributed by atoms with Crippen molar-refractivity contribution in [1.82, 2.24) is 19.5 Å². The Kier molecular flexibility index (Phi) is 5.08. The van der Waals surface area contributed by atoms with Crippen LogP contribution in [0.5, 0.6) is 0 Å². The van der Waals surface area contributed by atoms with E-state index in [4.69, 9.17) is 0 Å². The summed E-state index contributed by atoms with van der Waals surface area (Å²) in [5.41, 5.74) is 1.04. The van der Waals surface area contributed by atoms with Gasteiger partial charge in [0, 0.05) is 28.7 Å². The van der Waals surface area contributed by atoms with Crippen LogP contribution in [0.15, 0.2) is 53.1 Å². The van der Waals surface area contributed by atoms with Crippen LogP contribution in [0.3, 0.4) is 0 Å². The van der Waals surface area contributed by atoms with Crippen molar-refractivity contribution in [3.63, 3.8) is 0 Å². The van der Waals surface area contributed by atoms with Crippen LogP contribution in [-0.4, -0.2) is 50.6 Å². The van der Waals surface area contributed by atoms with Gasteiger partial charge in [-0.2, -0.15) is 4.98 Å². The third kappa shape index (κ3) is 4.19. The molecule has 0 aliphatic heterocycles. The molecule has 1 aliphatic rings. The molecular weight excluding hydrogens is 429 g/mol. The molecule has 7 nitrogen and oxygen atoms in total. The number of nitrogens with one attached hydrogen (secondary N) is 1. The van der Waals surface area contributed by atoms with E-state index in [1.54, 1.807) is 42.6 Å². The number of amides is 2. The highest BCUT2D eigenvalue weighted by molar-refractivity contribution is 9.10. The van der Waals surface area contributed by atoms with E-state index in [9.17, 15) is 14.0 Å². The molecule has 0 radical (unpaired) electrons. The van der Waals surface area contributed by atoms with Crippen LogP contribution in [0.25, 0.3) is 5.65 Å². The van der Waals surface area contributed by atoms with Crippen molar-refractivity contribution in [2.45, 2.75) is 12.6 Å². The lowest BCUT2D eigenvalue weighted by atomic mass is 10.2. The SMILES string of the molecule is O=C(CN(CC1C[C@H]1F)C(=O)c1ccc(Br)cc1)Nc1nc2ccccn2n1. The molecule has 2 atom stereocenters. The van der Waals surface area contributed by atoms with E-state index in [-0.39, 0.29) is 30.9 Å². The van der Waals surface area contributed by atoms with Crippen LogP contribution in [0, 0.1) is 5.92 Å². The number of halogens is 2. The first-order valence-electron chi connectivity index (χ1n) is 8.80. The highest BCUT2D eigenvalue weighted by Crippen LogP contribution is 2.34. The van der Waals surface area contributed by atoms with Crippen LogP contribution >= 0.6 is 15.9 Å². The second kappa shape index (κ2) is 7.67. The number of anilines is 1. The number of rotatable bonds is 6. The number of fused-ring (bicyclic) bond motifs is 1. The Morgan fingerprint density at radius 2 is 2.00 bits per heavy atom. The summed E-state index contributed by atoms with van der Waals surface area (Å²) in [6.45, 7) is -0.00422. The van der Waals surface area contributed by atoms with E-state index in [0.29, 0.717) is 17.6 Å². The summed E-state index contributed by atoms with van der Waals surface area (Å²) in [5.74, 6) is -0.815. The number of pyridine rings is 1. The summed E-state index contributed by atoms with van der Waals surface area (Å²) in [5, 5.41) is 6.77. The lowest BCUT2D eigenvalue weighted by Gasteiger charge is -2.22. The van der Waals surface area contributed by atoms with Crippen LogP contribution in [0.4, 0.5) is 10.3 Å². The Balaban J connectivity index is 1.47. The van der Waals surface area contributed by atoms with Crippen molar-refractivity contribution in [2.75, 3.05) is 18.4 Å². The largest absolute Gasteiger partial charge is 0.329 e. The molecule has 1 aromatic carbocycles. The van der Waals surface area contributed by atoms with Gasteiger partial charge < -0.3 is 4.90 Å². The molecule has 2 amide bonds. The maximum Gasteiger partial charge on any atom is 0.254 e. The molecule has 0 saturated heterocycles. The van der Waals surface area contributed by atoms with Gasteiger partial charge in [0.15, 0.2) is 5.65 Å². The molecule has 9 heteroatoms. The summed E-state index contributed by atoms with van der Waals surface area (Å²) in [6, 6.07) is 12.2. The van der Waals surface area contributed by atoms with Crippen molar-refractivity contribution in [1.29, 1.82) is 0 Å². The molecule has 1 N–H and O–H groups in total. The van der Waals surface area contributed by atoms with Crippen LogP contribution in [0.2, 0.25) is 0 Å². The summed E-state index contributed by atoms with van der Waals surface area (Å²) >= 11 is 3.33. The maximum atomic E-state index is 13.4. The van der Waals surface area contributed by atoms with Gasteiger partial charge in [-0.1, -0.05) is 22.0 Å². The predicted molar refractivity (Wildman–Crippen MR) is 105 cm³/mol. The Hall–Kier alpha value is -2.81. The molecule has 0 bridgehead atoms. The zero-order chi connectivity index (χ0) is 19.7. The quantitative estimate of drug-likeness (QED) is 0.632. The molecule has 28 heavy (non-hydrogen) atoms. The highest BCUT2D eigenvalue weighted by Gasteiger charge is 2.40. The van der Waals surface area contributed by atoms with Gasteiger partial charge in [-0.3, -0.25) is 14.9 Å². The maximum absolute atomic E-state index is 13.4. The number of aromatic nitrogens is 3. The van der Waals surface area contributed by atoms with Gasteiger partial charge in [-0.05, 0) is 42.8 Å². The molecule has 3 aromatic rings. The van der Waals surface area contributed by atoms with E-state index in [2.05, 4.69) is 31.3 Å². The molecule has 144 valence electrons. The first-order valence-corrected chi connectivity index (χ1v) is 9.59. The first-order chi connectivity index (χ1) is 13.5. The van der Waals surface area contributed by atoms with Gasteiger partial charge in [0.1, 0.15) is 12.7 Å². The fourth-order valence-corrected chi connectivity index (χ4v) is 3.16. The molecular formula is C19H17BrFN5O2. The zero-order valence-corrected chi connectivity index (χ0v) is 16.3. The van der Waals surface area contributed by atoms with E-state index >= 15 is 0 Å². The van der Waals surface area contributed by atoms with Crippen LogP contribution < -0.4 is 5.32 Å². The summed E-state index contributed by atoms with van der Waals surface area (Å²) in [4.78, 5) is 30.9. The molecule has 2 aromatic heterocycles. The third-order valence-corrected chi connectivity index (χ3v) is 5.03. The minimum absolute atomic E-state index is 0.155. The average Bonchev–Trinajstić information content (AvgIpc) is 3.21. The van der Waals surface area contributed by atoms with Gasteiger partial charge in [0.2, 0.25) is 11.9 Å². The third-order valence-electron chi connectivity index (χ3n) is 4.50. The molecule has 1 aliphatic carbocycles. The smallest absolute Gasteiger partial charge is 0.254 e. The normalized spacial score (nSPS) is 18.1. The van der Waals surface area contributed by atoms with Crippen molar-refractivity contribution < 1.29 is 14.0 Å². The zero-order valence-electron chi connectivity index (χ0n) is 14.8. The second-order valence-corrected chi connectivity index (χ2v) is 7.61.